The maximum absolute atomic E-state index is 12.4. The van der Waals surface area contributed by atoms with Crippen molar-refractivity contribution in [3.63, 3.8) is 0 Å². The number of rotatable bonds is 5. The molecule has 2 rings (SSSR count). The molecule has 130 valence electrons. The molecule has 0 spiro atoms. The molecule has 1 amide bonds. The van der Waals surface area contributed by atoms with Crippen LogP contribution in [0.3, 0.4) is 0 Å². The number of benzene rings is 1. The zero-order valence-corrected chi connectivity index (χ0v) is 14.7. The SMILES string of the molecule is CCn1cc(C#N)c(=O)n(CC(=O)N(C)Cc2ccc(Cl)cc2)c1=O. The normalized spacial score (nSPS) is 10.3. The van der Waals surface area contributed by atoms with Crippen LogP contribution in [0.15, 0.2) is 40.1 Å². The van der Waals surface area contributed by atoms with Crippen molar-refractivity contribution in [3.05, 3.63) is 67.4 Å². The number of halogens is 1. The van der Waals surface area contributed by atoms with Gasteiger partial charge in [-0.05, 0) is 24.6 Å². The first-order valence-electron chi connectivity index (χ1n) is 7.60. The van der Waals surface area contributed by atoms with E-state index in [1.165, 1.54) is 15.7 Å². The summed E-state index contributed by atoms with van der Waals surface area (Å²) < 4.78 is 2.02. The van der Waals surface area contributed by atoms with E-state index in [9.17, 15) is 14.4 Å². The van der Waals surface area contributed by atoms with Gasteiger partial charge in [0.1, 0.15) is 18.2 Å². The van der Waals surface area contributed by atoms with Crippen molar-refractivity contribution in [2.75, 3.05) is 7.05 Å². The topological polar surface area (TPSA) is 88.1 Å². The van der Waals surface area contributed by atoms with Gasteiger partial charge in [-0.25, -0.2) is 9.36 Å². The second-order valence-electron chi connectivity index (χ2n) is 5.49. The first-order valence-corrected chi connectivity index (χ1v) is 7.98. The van der Waals surface area contributed by atoms with E-state index in [4.69, 9.17) is 16.9 Å². The summed E-state index contributed by atoms with van der Waals surface area (Å²) in [5.74, 6) is -0.410. The van der Waals surface area contributed by atoms with Crippen molar-refractivity contribution < 1.29 is 4.79 Å². The number of carbonyl (C=O) groups excluding carboxylic acids is 1. The molecule has 2 aromatic rings. The van der Waals surface area contributed by atoms with Crippen molar-refractivity contribution in [1.29, 1.82) is 5.26 Å². The van der Waals surface area contributed by atoms with Crippen LogP contribution < -0.4 is 11.2 Å². The minimum absolute atomic E-state index is 0.172. The number of likely N-dealkylation sites (N-methyl/N-ethyl adjacent to an activating group) is 1. The van der Waals surface area contributed by atoms with E-state index in [2.05, 4.69) is 0 Å². The lowest BCUT2D eigenvalue weighted by Gasteiger charge is -2.18. The summed E-state index contributed by atoms with van der Waals surface area (Å²) >= 11 is 5.83. The minimum atomic E-state index is -0.759. The molecular formula is C17H17ClN4O3. The van der Waals surface area contributed by atoms with Crippen LogP contribution in [0.2, 0.25) is 5.02 Å². The summed E-state index contributed by atoms with van der Waals surface area (Å²) in [5, 5.41) is 9.62. The number of aryl methyl sites for hydroxylation is 1. The number of nitrogens with zero attached hydrogens (tertiary/aromatic N) is 4. The van der Waals surface area contributed by atoms with Gasteiger partial charge < -0.3 is 4.90 Å². The maximum atomic E-state index is 12.4. The molecule has 7 nitrogen and oxygen atoms in total. The predicted octanol–water partition coefficient (Wildman–Crippen LogP) is 1.21. The van der Waals surface area contributed by atoms with E-state index in [0.717, 1.165) is 10.1 Å². The third kappa shape index (κ3) is 4.17. The second kappa shape index (κ2) is 7.81. The summed E-state index contributed by atoms with van der Waals surface area (Å²) in [6, 6.07) is 8.77. The van der Waals surface area contributed by atoms with E-state index in [1.807, 2.05) is 0 Å². The zero-order valence-electron chi connectivity index (χ0n) is 13.9. The fraction of sp³-hybridized carbons (Fsp3) is 0.294. The van der Waals surface area contributed by atoms with Crippen LogP contribution in [-0.4, -0.2) is 27.0 Å². The Hall–Kier alpha value is -2.85. The fourth-order valence-corrected chi connectivity index (χ4v) is 2.43. The monoisotopic (exact) mass is 360 g/mol. The molecule has 0 radical (unpaired) electrons. The van der Waals surface area contributed by atoms with Gasteiger partial charge in [0.15, 0.2) is 0 Å². The number of amides is 1. The molecular weight excluding hydrogens is 344 g/mol. The van der Waals surface area contributed by atoms with Gasteiger partial charge >= 0.3 is 5.69 Å². The molecule has 0 atom stereocenters. The van der Waals surface area contributed by atoms with Gasteiger partial charge in [0, 0.05) is 31.4 Å². The summed E-state index contributed by atoms with van der Waals surface area (Å²) in [7, 11) is 1.58. The van der Waals surface area contributed by atoms with Crippen LogP contribution in [0.4, 0.5) is 0 Å². The molecule has 0 bridgehead atoms. The van der Waals surface area contributed by atoms with E-state index in [-0.39, 0.29) is 5.56 Å². The Morgan fingerprint density at radius 2 is 1.92 bits per heavy atom. The molecule has 0 aliphatic heterocycles. The van der Waals surface area contributed by atoms with Crippen molar-refractivity contribution >= 4 is 17.5 Å². The van der Waals surface area contributed by atoms with Crippen LogP contribution >= 0.6 is 11.6 Å². The lowest BCUT2D eigenvalue weighted by molar-refractivity contribution is -0.131. The zero-order chi connectivity index (χ0) is 18.6. The third-order valence-electron chi connectivity index (χ3n) is 3.75. The summed E-state index contributed by atoms with van der Waals surface area (Å²) in [6.45, 7) is 1.90. The van der Waals surface area contributed by atoms with Gasteiger partial charge in [0.25, 0.3) is 5.56 Å². The first-order chi connectivity index (χ1) is 11.9. The van der Waals surface area contributed by atoms with Crippen LogP contribution in [0.5, 0.6) is 0 Å². The molecule has 1 aromatic heterocycles. The Morgan fingerprint density at radius 3 is 2.48 bits per heavy atom. The molecule has 1 heterocycles. The quantitative estimate of drug-likeness (QED) is 0.801. The smallest absolute Gasteiger partial charge is 0.331 e. The highest BCUT2D eigenvalue weighted by Crippen LogP contribution is 2.11. The fourth-order valence-electron chi connectivity index (χ4n) is 2.30. The van der Waals surface area contributed by atoms with Crippen LogP contribution in [0.25, 0.3) is 0 Å². The Bertz CT molecular complexity index is 938. The minimum Gasteiger partial charge on any atom is -0.340 e. The van der Waals surface area contributed by atoms with Crippen molar-refractivity contribution in [2.24, 2.45) is 0 Å². The Balaban J connectivity index is 2.25. The van der Waals surface area contributed by atoms with E-state index >= 15 is 0 Å². The lowest BCUT2D eigenvalue weighted by atomic mass is 10.2. The highest BCUT2D eigenvalue weighted by molar-refractivity contribution is 6.30. The lowest BCUT2D eigenvalue weighted by Crippen LogP contribution is -2.44. The highest BCUT2D eigenvalue weighted by Gasteiger charge is 2.16. The predicted molar refractivity (Wildman–Crippen MR) is 93.3 cm³/mol. The molecule has 0 aliphatic rings. The van der Waals surface area contributed by atoms with Gasteiger partial charge in [-0.3, -0.25) is 14.2 Å². The van der Waals surface area contributed by atoms with Crippen molar-refractivity contribution in [3.8, 4) is 6.07 Å². The maximum Gasteiger partial charge on any atom is 0.331 e. The number of hydrogen-bond acceptors (Lipinski definition) is 4. The first kappa shape index (κ1) is 18.5. The average molecular weight is 361 g/mol. The molecule has 0 fully saturated rings. The van der Waals surface area contributed by atoms with E-state index in [1.54, 1.807) is 44.3 Å². The molecule has 1 aromatic carbocycles. The summed E-state index contributed by atoms with van der Waals surface area (Å²) in [4.78, 5) is 38.3. The van der Waals surface area contributed by atoms with Crippen LogP contribution in [0, 0.1) is 11.3 Å². The third-order valence-corrected chi connectivity index (χ3v) is 4.00. The van der Waals surface area contributed by atoms with Crippen LogP contribution in [0.1, 0.15) is 18.1 Å². The van der Waals surface area contributed by atoms with Gasteiger partial charge in [-0.2, -0.15) is 5.26 Å². The molecule has 25 heavy (non-hydrogen) atoms. The number of aromatic nitrogens is 2. The summed E-state index contributed by atoms with van der Waals surface area (Å²) in [6.07, 6.45) is 1.21. The molecule has 0 aliphatic carbocycles. The van der Waals surface area contributed by atoms with Gasteiger partial charge in [-0.15, -0.1) is 0 Å². The molecule has 0 N–H and O–H groups in total. The van der Waals surface area contributed by atoms with Crippen molar-refractivity contribution in [1.82, 2.24) is 14.0 Å². The van der Waals surface area contributed by atoms with E-state index < -0.39 is 23.7 Å². The summed E-state index contributed by atoms with van der Waals surface area (Å²) in [5.41, 5.74) is -0.677. The molecule has 0 saturated heterocycles. The van der Waals surface area contributed by atoms with Crippen molar-refractivity contribution in [2.45, 2.75) is 26.6 Å². The van der Waals surface area contributed by atoms with Gasteiger partial charge in [-0.1, -0.05) is 23.7 Å². The number of nitriles is 1. The Labute approximate surface area is 149 Å². The average Bonchev–Trinajstić information content (AvgIpc) is 2.60. The standard InChI is InChI=1S/C17H17ClN4O3/c1-3-21-10-13(8-19)16(24)22(17(21)25)11-15(23)20(2)9-12-4-6-14(18)7-5-12/h4-7,10H,3,9,11H2,1-2H3. The largest absolute Gasteiger partial charge is 0.340 e. The second-order valence-corrected chi connectivity index (χ2v) is 5.93. The van der Waals surface area contributed by atoms with Gasteiger partial charge in [0.05, 0.1) is 0 Å². The molecule has 8 heteroatoms. The Morgan fingerprint density at radius 1 is 1.28 bits per heavy atom. The number of hydrogen-bond donors (Lipinski definition) is 0. The molecule has 0 saturated carbocycles. The van der Waals surface area contributed by atoms with Crippen LogP contribution in [-0.2, 0) is 24.4 Å². The van der Waals surface area contributed by atoms with Gasteiger partial charge in [0.2, 0.25) is 5.91 Å². The molecule has 0 unspecified atom stereocenters. The Kier molecular flexibility index (Phi) is 5.78. The number of carbonyl (C=O) groups is 1. The van der Waals surface area contributed by atoms with E-state index in [0.29, 0.717) is 18.1 Å². The highest BCUT2D eigenvalue weighted by atomic mass is 35.5.